The van der Waals surface area contributed by atoms with Crippen LogP contribution in [0.1, 0.15) is 18.4 Å². The Hall–Kier alpha value is -1.24. The molecule has 0 atom stereocenters. The third-order valence-corrected chi connectivity index (χ3v) is 3.83. The van der Waals surface area contributed by atoms with Gasteiger partial charge in [-0.3, -0.25) is 15.0 Å². The van der Waals surface area contributed by atoms with E-state index in [9.17, 15) is 14.5 Å². The Labute approximate surface area is 130 Å². The molecule has 0 bridgehead atoms. The summed E-state index contributed by atoms with van der Waals surface area (Å²) in [6, 6.07) is 3.66. The van der Waals surface area contributed by atoms with E-state index in [0.29, 0.717) is 18.0 Å². The highest BCUT2D eigenvalue weighted by Gasteiger charge is 2.22. The van der Waals surface area contributed by atoms with Crippen molar-refractivity contribution >= 4 is 18.1 Å². The summed E-state index contributed by atoms with van der Waals surface area (Å²) in [5, 5.41) is 14.1. The van der Waals surface area contributed by atoms with Gasteiger partial charge in [0.05, 0.1) is 4.92 Å². The summed E-state index contributed by atoms with van der Waals surface area (Å²) in [5.74, 6) is 0.245. The summed E-state index contributed by atoms with van der Waals surface area (Å²) < 4.78 is 13.3. The van der Waals surface area contributed by atoms with Gasteiger partial charge in [-0.25, -0.2) is 4.39 Å². The van der Waals surface area contributed by atoms with Crippen molar-refractivity contribution < 1.29 is 9.31 Å². The maximum Gasteiger partial charge on any atom is 0.274 e. The Morgan fingerprint density at radius 3 is 2.67 bits per heavy atom. The number of nitrogens with zero attached hydrogens (tertiary/aromatic N) is 2. The Morgan fingerprint density at radius 1 is 1.43 bits per heavy atom. The number of halogens is 2. The molecule has 118 valence electrons. The van der Waals surface area contributed by atoms with Gasteiger partial charge in [0, 0.05) is 18.2 Å². The van der Waals surface area contributed by atoms with Gasteiger partial charge in [0.1, 0.15) is 5.82 Å². The lowest BCUT2D eigenvalue weighted by Crippen LogP contribution is -2.36. The first-order valence-electron chi connectivity index (χ1n) is 6.90. The van der Waals surface area contributed by atoms with Crippen LogP contribution in [-0.4, -0.2) is 36.5 Å². The van der Waals surface area contributed by atoms with Crippen LogP contribution >= 0.6 is 12.4 Å². The van der Waals surface area contributed by atoms with Gasteiger partial charge in [-0.2, -0.15) is 0 Å². The maximum atomic E-state index is 13.3. The van der Waals surface area contributed by atoms with Crippen LogP contribution in [0.5, 0.6) is 0 Å². The summed E-state index contributed by atoms with van der Waals surface area (Å²) in [5.41, 5.74) is 0.464. The zero-order valence-corrected chi connectivity index (χ0v) is 12.9. The van der Waals surface area contributed by atoms with E-state index < -0.39 is 10.7 Å². The van der Waals surface area contributed by atoms with Crippen molar-refractivity contribution in [2.45, 2.75) is 19.4 Å². The van der Waals surface area contributed by atoms with E-state index in [1.165, 1.54) is 12.1 Å². The molecule has 7 heteroatoms. The maximum absolute atomic E-state index is 13.3. The average Bonchev–Trinajstić information content (AvgIpc) is 2.41. The smallest absolute Gasteiger partial charge is 0.274 e. The van der Waals surface area contributed by atoms with E-state index in [1.807, 2.05) is 7.05 Å². The SMILES string of the molecule is CNCC1CCN(Cc2cc(F)ccc2[N+](=O)[O-])CC1.Cl. The minimum Gasteiger partial charge on any atom is -0.319 e. The monoisotopic (exact) mass is 317 g/mol. The second kappa shape index (κ2) is 8.26. The Morgan fingerprint density at radius 2 is 2.10 bits per heavy atom. The van der Waals surface area contributed by atoms with Gasteiger partial charge in [0.25, 0.3) is 5.69 Å². The molecule has 1 fully saturated rings. The number of hydrogen-bond donors (Lipinski definition) is 1. The second-order valence-electron chi connectivity index (χ2n) is 5.31. The molecule has 0 radical (unpaired) electrons. The van der Waals surface area contributed by atoms with Gasteiger partial charge in [0.15, 0.2) is 0 Å². The summed E-state index contributed by atoms with van der Waals surface area (Å²) >= 11 is 0. The van der Waals surface area contributed by atoms with Crippen LogP contribution in [0, 0.1) is 21.8 Å². The lowest BCUT2D eigenvalue weighted by atomic mass is 9.96. The van der Waals surface area contributed by atoms with Gasteiger partial charge in [0.2, 0.25) is 0 Å². The van der Waals surface area contributed by atoms with Gasteiger partial charge in [-0.15, -0.1) is 12.4 Å². The number of piperidine rings is 1. The summed E-state index contributed by atoms with van der Waals surface area (Å²) in [6.07, 6.45) is 2.15. The van der Waals surface area contributed by atoms with E-state index >= 15 is 0 Å². The molecule has 0 aliphatic carbocycles. The first kappa shape index (κ1) is 17.8. The van der Waals surface area contributed by atoms with Crippen LogP contribution in [0.15, 0.2) is 18.2 Å². The molecule has 2 rings (SSSR count). The minimum absolute atomic E-state index is 0. The molecule has 0 aromatic heterocycles. The molecule has 0 spiro atoms. The van der Waals surface area contributed by atoms with Crippen LogP contribution in [-0.2, 0) is 6.54 Å². The van der Waals surface area contributed by atoms with Crippen LogP contribution in [0.25, 0.3) is 0 Å². The number of nitrogens with one attached hydrogen (secondary N) is 1. The van der Waals surface area contributed by atoms with Crippen LogP contribution in [0.2, 0.25) is 0 Å². The minimum atomic E-state index is -0.442. The number of likely N-dealkylation sites (tertiary alicyclic amines) is 1. The van der Waals surface area contributed by atoms with Crippen molar-refractivity contribution in [3.63, 3.8) is 0 Å². The number of benzene rings is 1. The fourth-order valence-corrected chi connectivity index (χ4v) is 2.74. The zero-order chi connectivity index (χ0) is 14.5. The Kier molecular flexibility index (Phi) is 7.01. The fraction of sp³-hybridized carbons (Fsp3) is 0.571. The first-order chi connectivity index (χ1) is 9.60. The van der Waals surface area contributed by atoms with E-state index in [2.05, 4.69) is 10.2 Å². The van der Waals surface area contributed by atoms with Crippen molar-refractivity contribution in [1.82, 2.24) is 10.2 Å². The zero-order valence-electron chi connectivity index (χ0n) is 12.0. The number of hydrogen-bond acceptors (Lipinski definition) is 4. The standard InChI is InChI=1S/C14H20FN3O2.ClH/c1-16-9-11-4-6-17(7-5-11)10-12-8-13(15)2-3-14(12)18(19)20;/h2-3,8,11,16H,4-7,9-10H2,1H3;1H. The third kappa shape index (κ3) is 4.91. The highest BCUT2D eigenvalue weighted by Crippen LogP contribution is 2.24. The van der Waals surface area contributed by atoms with Gasteiger partial charge in [-0.05, 0) is 57.6 Å². The summed E-state index contributed by atoms with van der Waals surface area (Å²) in [7, 11) is 1.95. The molecule has 0 amide bonds. The van der Waals surface area contributed by atoms with E-state index in [1.54, 1.807) is 0 Å². The molecule has 0 saturated carbocycles. The van der Waals surface area contributed by atoms with Crippen LogP contribution in [0.4, 0.5) is 10.1 Å². The molecule has 1 aromatic rings. The van der Waals surface area contributed by atoms with E-state index in [0.717, 1.165) is 38.5 Å². The molecule has 5 nitrogen and oxygen atoms in total. The van der Waals surface area contributed by atoms with Gasteiger partial charge in [-0.1, -0.05) is 0 Å². The molecule has 1 saturated heterocycles. The molecule has 1 aliphatic rings. The summed E-state index contributed by atoms with van der Waals surface area (Å²) in [4.78, 5) is 12.7. The van der Waals surface area contributed by atoms with Gasteiger partial charge >= 0.3 is 0 Å². The lowest BCUT2D eigenvalue weighted by molar-refractivity contribution is -0.385. The first-order valence-corrected chi connectivity index (χ1v) is 6.90. The Bertz CT molecular complexity index is 479. The topological polar surface area (TPSA) is 58.4 Å². The van der Waals surface area contributed by atoms with E-state index in [-0.39, 0.29) is 18.1 Å². The normalized spacial score (nSPS) is 16.5. The molecular weight excluding hydrogens is 297 g/mol. The summed E-state index contributed by atoms with van der Waals surface area (Å²) in [6.45, 7) is 3.26. The number of nitro benzene ring substituents is 1. The fourth-order valence-electron chi connectivity index (χ4n) is 2.74. The molecule has 1 aliphatic heterocycles. The van der Waals surface area contributed by atoms with Crippen molar-refractivity contribution in [2.75, 3.05) is 26.7 Å². The van der Waals surface area contributed by atoms with E-state index in [4.69, 9.17) is 0 Å². The Balaban J connectivity index is 0.00000220. The molecule has 1 heterocycles. The van der Waals surface area contributed by atoms with Crippen molar-refractivity contribution in [1.29, 1.82) is 0 Å². The quantitative estimate of drug-likeness (QED) is 0.670. The van der Waals surface area contributed by atoms with Crippen LogP contribution < -0.4 is 5.32 Å². The van der Waals surface area contributed by atoms with Crippen molar-refractivity contribution in [2.24, 2.45) is 5.92 Å². The van der Waals surface area contributed by atoms with Crippen molar-refractivity contribution in [3.8, 4) is 0 Å². The average molecular weight is 318 g/mol. The molecule has 21 heavy (non-hydrogen) atoms. The lowest BCUT2D eigenvalue weighted by Gasteiger charge is -2.31. The van der Waals surface area contributed by atoms with Crippen molar-refractivity contribution in [3.05, 3.63) is 39.7 Å². The number of nitro groups is 1. The molecular formula is C14H21ClFN3O2. The highest BCUT2D eigenvalue weighted by molar-refractivity contribution is 5.85. The van der Waals surface area contributed by atoms with Gasteiger partial charge < -0.3 is 5.32 Å². The largest absolute Gasteiger partial charge is 0.319 e. The molecule has 1 aromatic carbocycles. The predicted molar refractivity (Wildman–Crippen MR) is 82.2 cm³/mol. The second-order valence-corrected chi connectivity index (χ2v) is 5.31. The predicted octanol–water partition coefficient (Wildman–Crippen LogP) is 2.59. The third-order valence-electron chi connectivity index (χ3n) is 3.83. The molecule has 1 N–H and O–H groups in total. The molecule has 0 unspecified atom stereocenters. The highest BCUT2D eigenvalue weighted by atomic mass is 35.5. The number of rotatable bonds is 5. The van der Waals surface area contributed by atoms with Crippen LogP contribution in [0.3, 0.4) is 0 Å².